The van der Waals surface area contributed by atoms with E-state index in [0.717, 1.165) is 6.92 Å². The fraction of sp³-hybridized carbons (Fsp3) is 0.500. The number of hydrogen-bond acceptors (Lipinski definition) is 10. The van der Waals surface area contributed by atoms with Gasteiger partial charge in [-0.1, -0.05) is 5.16 Å². The van der Waals surface area contributed by atoms with Crippen molar-refractivity contribution in [3.05, 3.63) is 51.5 Å². The summed E-state index contributed by atoms with van der Waals surface area (Å²) < 4.78 is 0. The third-order valence-corrected chi connectivity index (χ3v) is 7.56. The van der Waals surface area contributed by atoms with Crippen LogP contribution in [0.1, 0.15) is 62.5 Å². The van der Waals surface area contributed by atoms with Crippen LogP contribution in [0.5, 0.6) is 5.75 Å². The largest absolute Gasteiger partial charge is 0.510 e. The summed E-state index contributed by atoms with van der Waals surface area (Å²) in [5.41, 5.74) is -2.40. The number of Topliss-reactive ketones (excluding diaryl/α,β-unsaturated/α-hetero) is 3. The normalized spacial score (nSPS) is 27.8. The minimum Gasteiger partial charge on any atom is -0.510 e. The Morgan fingerprint density at radius 1 is 1.13 bits per heavy atom. The number of aliphatic hydroxyl groups excluding tert-OH is 2. The maximum absolute atomic E-state index is 13.8. The number of fused-ring (bicyclic) bond motifs is 3. The second-order valence-corrected chi connectivity index (χ2v) is 11.5. The number of carbonyl (C=O) groups is 3. The average Bonchev–Trinajstić information content (AvgIpc) is 2.79. The highest BCUT2D eigenvalue weighted by Gasteiger charge is 2.63. The number of aliphatic hydroxyl groups is 3. The van der Waals surface area contributed by atoms with Crippen molar-refractivity contribution in [3.8, 4) is 5.75 Å². The standard InChI is InChI=1S/C28H34N2O8/c1-12(29-38-27(3,4)5)15-8-9-18(32)21-16(15)10-14-11-17-22(30(6)7)24(34)19(13(2)31)25(35)28(17,37)26(36)20(14)23(21)33/h8-9,14,17,22,32,34,36-37H,10-11H2,1-7H3/b29-12+. The van der Waals surface area contributed by atoms with Crippen LogP contribution in [0.2, 0.25) is 0 Å². The van der Waals surface area contributed by atoms with E-state index in [4.69, 9.17) is 4.84 Å². The fourth-order valence-corrected chi connectivity index (χ4v) is 5.95. The summed E-state index contributed by atoms with van der Waals surface area (Å²) in [6.45, 7) is 8.34. The number of oxime groups is 1. The summed E-state index contributed by atoms with van der Waals surface area (Å²) in [5.74, 6) is -5.94. The van der Waals surface area contributed by atoms with Crippen molar-refractivity contribution in [2.75, 3.05) is 14.1 Å². The Balaban J connectivity index is 1.91. The number of allylic oxidation sites excluding steroid dienone is 1. The molecule has 10 nitrogen and oxygen atoms in total. The lowest BCUT2D eigenvalue weighted by Crippen LogP contribution is -2.63. The van der Waals surface area contributed by atoms with Gasteiger partial charge in [0.1, 0.15) is 28.4 Å². The van der Waals surface area contributed by atoms with E-state index in [1.807, 2.05) is 20.8 Å². The SMILES string of the molecule is CC(=O)C1=C(O)C(N(C)C)C2CC3Cc4c(/C(C)=N/OC(C)(C)C)ccc(O)c4C(=O)C3=C(O)C2(O)C1=O. The van der Waals surface area contributed by atoms with Crippen LogP contribution in [0, 0.1) is 11.8 Å². The molecule has 1 aromatic rings. The monoisotopic (exact) mass is 526 g/mol. The van der Waals surface area contributed by atoms with Gasteiger partial charge in [-0.15, -0.1) is 0 Å². The third-order valence-electron chi connectivity index (χ3n) is 7.56. The number of hydrogen-bond donors (Lipinski definition) is 4. The first kappa shape index (κ1) is 27.5. The van der Waals surface area contributed by atoms with Crippen molar-refractivity contribution in [2.45, 2.75) is 64.7 Å². The molecule has 1 aromatic carbocycles. The Labute approximate surface area is 220 Å². The van der Waals surface area contributed by atoms with E-state index >= 15 is 0 Å². The van der Waals surface area contributed by atoms with Crippen LogP contribution >= 0.6 is 0 Å². The smallest absolute Gasteiger partial charge is 0.209 e. The first-order chi connectivity index (χ1) is 17.5. The Hall–Kier alpha value is -3.50. The molecule has 0 radical (unpaired) electrons. The van der Waals surface area contributed by atoms with Crippen LogP contribution < -0.4 is 0 Å². The molecule has 0 bridgehead atoms. The van der Waals surface area contributed by atoms with E-state index in [1.54, 1.807) is 32.0 Å². The maximum atomic E-state index is 13.8. The summed E-state index contributed by atoms with van der Waals surface area (Å²) in [4.78, 5) is 46.6. The number of ketones is 3. The number of benzene rings is 1. The number of phenols is 1. The molecule has 0 saturated heterocycles. The third kappa shape index (κ3) is 4.03. The molecule has 4 rings (SSSR count). The van der Waals surface area contributed by atoms with Crippen molar-refractivity contribution >= 4 is 23.1 Å². The quantitative estimate of drug-likeness (QED) is 0.263. The molecule has 3 aliphatic carbocycles. The molecular weight excluding hydrogens is 492 g/mol. The molecule has 0 aliphatic heterocycles. The van der Waals surface area contributed by atoms with Crippen LogP contribution in [0.15, 0.2) is 40.0 Å². The highest BCUT2D eigenvalue weighted by atomic mass is 16.6. The molecule has 10 heteroatoms. The summed E-state index contributed by atoms with van der Waals surface area (Å²) in [5, 5.41) is 48.9. The molecule has 204 valence electrons. The van der Waals surface area contributed by atoms with Crippen LogP contribution in [-0.4, -0.2) is 79.7 Å². The molecule has 0 aromatic heterocycles. The Kier molecular flexibility index (Phi) is 6.56. The Bertz CT molecular complexity index is 1350. The van der Waals surface area contributed by atoms with Crippen molar-refractivity contribution in [1.29, 1.82) is 0 Å². The summed E-state index contributed by atoms with van der Waals surface area (Å²) in [7, 11) is 3.25. The molecule has 0 heterocycles. The lowest BCUT2D eigenvalue weighted by atomic mass is 9.58. The predicted molar refractivity (Wildman–Crippen MR) is 138 cm³/mol. The summed E-state index contributed by atoms with van der Waals surface area (Å²) in [6, 6.07) is 2.02. The van der Waals surface area contributed by atoms with Crippen LogP contribution in [0.25, 0.3) is 0 Å². The van der Waals surface area contributed by atoms with E-state index in [1.165, 1.54) is 6.07 Å². The van der Waals surface area contributed by atoms with Gasteiger partial charge in [0, 0.05) is 17.1 Å². The molecule has 4 atom stereocenters. The van der Waals surface area contributed by atoms with Crippen molar-refractivity contribution in [1.82, 2.24) is 4.90 Å². The highest BCUT2D eigenvalue weighted by molar-refractivity contribution is 6.25. The minimum atomic E-state index is -2.59. The van der Waals surface area contributed by atoms with Crippen molar-refractivity contribution in [3.63, 3.8) is 0 Å². The number of phenolic OH excluding ortho intramolecular Hbond substituents is 1. The Morgan fingerprint density at radius 2 is 1.76 bits per heavy atom. The number of carbonyl (C=O) groups excluding carboxylic acids is 3. The average molecular weight is 527 g/mol. The minimum absolute atomic E-state index is 0.0503. The lowest BCUT2D eigenvalue weighted by Gasteiger charge is -2.50. The second-order valence-electron chi connectivity index (χ2n) is 11.5. The van der Waals surface area contributed by atoms with E-state index in [0.29, 0.717) is 16.8 Å². The number of nitrogens with zero attached hydrogens (tertiary/aromatic N) is 2. The number of rotatable bonds is 4. The molecule has 4 N–H and O–H groups in total. The predicted octanol–water partition coefficient (Wildman–Crippen LogP) is 2.76. The highest BCUT2D eigenvalue weighted by Crippen LogP contribution is 2.52. The molecule has 4 unspecified atom stereocenters. The van der Waals surface area contributed by atoms with Crippen molar-refractivity contribution < 1.29 is 39.6 Å². The maximum Gasteiger partial charge on any atom is 0.209 e. The zero-order valence-corrected chi connectivity index (χ0v) is 22.6. The van der Waals surface area contributed by atoms with Gasteiger partial charge < -0.3 is 25.3 Å². The summed E-state index contributed by atoms with van der Waals surface area (Å²) in [6.07, 6.45) is 0.242. The van der Waals surface area contributed by atoms with Gasteiger partial charge in [-0.25, -0.2) is 0 Å². The molecule has 0 amide bonds. The van der Waals surface area contributed by atoms with Gasteiger partial charge in [0.05, 0.1) is 17.3 Å². The van der Waals surface area contributed by atoms with Crippen LogP contribution in [0.4, 0.5) is 0 Å². The molecule has 0 saturated carbocycles. The fourth-order valence-electron chi connectivity index (χ4n) is 5.95. The van der Waals surface area contributed by atoms with Crippen molar-refractivity contribution in [2.24, 2.45) is 17.0 Å². The van der Waals surface area contributed by atoms with Gasteiger partial charge in [-0.05, 0) is 85.2 Å². The van der Waals surface area contributed by atoms with Gasteiger partial charge in [-0.2, -0.15) is 0 Å². The number of aromatic hydroxyl groups is 1. The van der Waals surface area contributed by atoms with Gasteiger partial charge >= 0.3 is 0 Å². The lowest BCUT2D eigenvalue weighted by molar-refractivity contribution is -0.148. The molecular formula is C28H34N2O8. The van der Waals surface area contributed by atoms with E-state index < -0.39 is 63.5 Å². The first-order valence-corrected chi connectivity index (χ1v) is 12.5. The van der Waals surface area contributed by atoms with Gasteiger partial charge in [0.2, 0.25) is 5.78 Å². The van der Waals surface area contributed by atoms with E-state index in [2.05, 4.69) is 5.16 Å². The molecule has 38 heavy (non-hydrogen) atoms. The van der Waals surface area contributed by atoms with Gasteiger partial charge in [-0.3, -0.25) is 19.3 Å². The molecule has 0 spiro atoms. The molecule has 3 aliphatic rings. The topological polar surface area (TPSA) is 157 Å². The second kappa shape index (κ2) is 9.06. The van der Waals surface area contributed by atoms with E-state index in [-0.39, 0.29) is 29.7 Å². The first-order valence-electron chi connectivity index (χ1n) is 12.5. The number of likely N-dealkylation sites (N-methyl/N-ethyl adjacent to an activating group) is 1. The van der Waals surface area contributed by atoms with Gasteiger partial charge in [0.25, 0.3) is 0 Å². The van der Waals surface area contributed by atoms with Gasteiger partial charge in [0.15, 0.2) is 17.2 Å². The van der Waals surface area contributed by atoms with Crippen LogP contribution in [0.3, 0.4) is 0 Å². The summed E-state index contributed by atoms with van der Waals surface area (Å²) >= 11 is 0. The Morgan fingerprint density at radius 3 is 2.32 bits per heavy atom. The van der Waals surface area contributed by atoms with E-state index in [9.17, 15) is 34.8 Å². The molecule has 0 fully saturated rings. The zero-order valence-electron chi connectivity index (χ0n) is 22.6. The zero-order chi connectivity index (χ0) is 28.5. The van der Waals surface area contributed by atoms with Crippen LogP contribution in [-0.2, 0) is 20.8 Å².